The molecule has 1 aromatic rings. The molecule has 1 aliphatic carbocycles. The van der Waals surface area contributed by atoms with Crippen LogP contribution >= 0.6 is 0 Å². The van der Waals surface area contributed by atoms with Gasteiger partial charge in [0.15, 0.2) is 5.78 Å². The van der Waals surface area contributed by atoms with E-state index in [0.29, 0.717) is 24.2 Å². The molecule has 0 unspecified atom stereocenters. The van der Waals surface area contributed by atoms with Gasteiger partial charge in [-0.25, -0.2) is 0 Å². The molecule has 0 saturated carbocycles. The number of hydrogen-bond acceptors (Lipinski definition) is 5. The van der Waals surface area contributed by atoms with Crippen molar-refractivity contribution < 1.29 is 18.8 Å². The number of ketones is 1. The maximum Gasteiger partial charge on any atom is 0.305 e. The second-order valence-corrected chi connectivity index (χ2v) is 5.44. The number of rotatable bonds is 3. The molecule has 0 aliphatic heterocycles. The standard InChI is InChI=1S/C13H17NO4/c1-13(2)6-8-12(9(15)7-13)10(18-14-8)4-5-11(16)17-3/h4-7H2,1-3H3. The second-order valence-electron chi connectivity index (χ2n) is 5.44. The van der Waals surface area contributed by atoms with Gasteiger partial charge in [0.25, 0.3) is 0 Å². The number of carbonyl (C=O) groups excluding carboxylic acids is 2. The predicted molar refractivity (Wildman–Crippen MR) is 63.3 cm³/mol. The third-order valence-corrected chi connectivity index (χ3v) is 3.18. The Labute approximate surface area is 105 Å². The molecule has 0 spiro atoms. The molecule has 0 radical (unpaired) electrons. The molecule has 0 amide bonds. The van der Waals surface area contributed by atoms with E-state index in [9.17, 15) is 9.59 Å². The Morgan fingerprint density at radius 3 is 2.83 bits per heavy atom. The number of methoxy groups -OCH3 is 1. The van der Waals surface area contributed by atoms with Gasteiger partial charge in [-0.2, -0.15) is 0 Å². The van der Waals surface area contributed by atoms with Crippen LogP contribution in [0, 0.1) is 5.41 Å². The zero-order chi connectivity index (χ0) is 13.3. The molecule has 2 rings (SSSR count). The van der Waals surface area contributed by atoms with Gasteiger partial charge < -0.3 is 9.26 Å². The van der Waals surface area contributed by atoms with Crippen LogP contribution < -0.4 is 0 Å². The van der Waals surface area contributed by atoms with Crippen molar-refractivity contribution in [1.29, 1.82) is 0 Å². The fourth-order valence-electron chi connectivity index (χ4n) is 2.33. The van der Waals surface area contributed by atoms with Gasteiger partial charge in [0.2, 0.25) is 0 Å². The zero-order valence-corrected chi connectivity index (χ0v) is 10.9. The van der Waals surface area contributed by atoms with Crippen molar-refractivity contribution in [2.45, 2.75) is 39.5 Å². The summed E-state index contributed by atoms with van der Waals surface area (Å²) in [7, 11) is 1.34. The molecule has 0 bridgehead atoms. The smallest absolute Gasteiger partial charge is 0.305 e. The monoisotopic (exact) mass is 251 g/mol. The van der Waals surface area contributed by atoms with Crippen LogP contribution in [0.2, 0.25) is 0 Å². The number of nitrogens with zero attached hydrogens (tertiary/aromatic N) is 1. The Balaban J connectivity index is 2.19. The van der Waals surface area contributed by atoms with Crippen molar-refractivity contribution in [2.75, 3.05) is 7.11 Å². The average molecular weight is 251 g/mol. The van der Waals surface area contributed by atoms with Crippen LogP contribution in [0.1, 0.15) is 48.5 Å². The van der Waals surface area contributed by atoms with Crippen LogP contribution in [0.4, 0.5) is 0 Å². The summed E-state index contributed by atoms with van der Waals surface area (Å²) in [6.45, 7) is 4.08. The lowest BCUT2D eigenvalue weighted by Crippen LogP contribution is -2.27. The van der Waals surface area contributed by atoms with Crippen molar-refractivity contribution in [1.82, 2.24) is 5.16 Å². The molecule has 5 heteroatoms. The Morgan fingerprint density at radius 1 is 1.44 bits per heavy atom. The second kappa shape index (κ2) is 4.55. The van der Waals surface area contributed by atoms with Crippen LogP contribution in [-0.2, 0) is 22.4 Å². The summed E-state index contributed by atoms with van der Waals surface area (Å²) < 4.78 is 9.76. The van der Waals surface area contributed by atoms with E-state index in [-0.39, 0.29) is 23.6 Å². The normalized spacial score (nSPS) is 17.4. The fourth-order valence-corrected chi connectivity index (χ4v) is 2.33. The SMILES string of the molecule is COC(=O)CCc1onc2c1C(=O)CC(C)(C)C2. The zero-order valence-electron chi connectivity index (χ0n) is 10.9. The summed E-state index contributed by atoms with van der Waals surface area (Å²) >= 11 is 0. The highest BCUT2D eigenvalue weighted by Crippen LogP contribution is 2.35. The Kier molecular flexibility index (Phi) is 3.24. The predicted octanol–water partition coefficient (Wildman–Crippen LogP) is 1.94. The van der Waals surface area contributed by atoms with Crippen molar-refractivity contribution >= 4 is 11.8 Å². The van der Waals surface area contributed by atoms with E-state index in [1.165, 1.54) is 7.11 Å². The summed E-state index contributed by atoms with van der Waals surface area (Å²) in [6, 6.07) is 0. The van der Waals surface area contributed by atoms with Crippen LogP contribution in [0.25, 0.3) is 0 Å². The minimum atomic E-state index is -0.316. The third kappa shape index (κ3) is 2.44. The number of esters is 1. The highest BCUT2D eigenvalue weighted by atomic mass is 16.5. The lowest BCUT2D eigenvalue weighted by Gasteiger charge is -2.26. The van der Waals surface area contributed by atoms with Crippen LogP contribution in [0.15, 0.2) is 4.52 Å². The van der Waals surface area contributed by atoms with Gasteiger partial charge in [-0.3, -0.25) is 9.59 Å². The Bertz CT molecular complexity index is 487. The molecule has 1 aromatic heterocycles. The van der Waals surface area contributed by atoms with Gasteiger partial charge in [0.05, 0.1) is 24.8 Å². The molecule has 1 aliphatic rings. The number of aromatic nitrogens is 1. The maximum absolute atomic E-state index is 12.1. The molecular formula is C13H17NO4. The van der Waals surface area contributed by atoms with Crippen molar-refractivity contribution in [3.8, 4) is 0 Å². The summed E-state index contributed by atoms with van der Waals surface area (Å²) in [4.78, 5) is 23.2. The summed E-state index contributed by atoms with van der Waals surface area (Å²) in [5.74, 6) is 0.252. The molecule has 0 fully saturated rings. The van der Waals surface area contributed by atoms with Crippen LogP contribution in [0.5, 0.6) is 0 Å². The number of hydrogen-bond donors (Lipinski definition) is 0. The number of Topliss-reactive ketones (excluding diaryl/α,β-unsaturated/α-hetero) is 1. The summed E-state index contributed by atoms with van der Waals surface area (Å²) in [5.41, 5.74) is 1.23. The van der Waals surface area contributed by atoms with E-state index < -0.39 is 0 Å². The molecule has 18 heavy (non-hydrogen) atoms. The van der Waals surface area contributed by atoms with Crippen molar-refractivity contribution in [2.24, 2.45) is 5.41 Å². The van der Waals surface area contributed by atoms with Gasteiger partial charge in [-0.1, -0.05) is 19.0 Å². The lowest BCUT2D eigenvalue weighted by molar-refractivity contribution is -0.140. The highest BCUT2D eigenvalue weighted by Gasteiger charge is 2.35. The van der Waals surface area contributed by atoms with E-state index >= 15 is 0 Å². The van der Waals surface area contributed by atoms with Gasteiger partial charge in [-0.05, 0) is 11.8 Å². The van der Waals surface area contributed by atoms with Gasteiger partial charge >= 0.3 is 5.97 Å². The molecule has 0 atom stereocenters. The molecule has 0 N–H and O–H groups in total. The molecule has 98 valence electrons. The largest absolute Gasteiger partial charge is 0.469 e. The highest BCUT2D eigenvalue weighted by molar-refractivity contribution is 5.99. The summed E-state index contributed by atoms with van der Waals surface area (Å²) in [5, 5.41) is 3.96. The van der Waals surface area contributed by atoms with Gasteiger partial charge in [0.1, 0.15) is 5.76 Å². The molecule has 0 aromatic carbocycles. The minimum absolute atomic E-state index is 0.0577. The Morgan fingerprint density at radius 2 is 2.17 bits per heavy atom. The number of carbonyl (C=O) groups is 2. The van der Waals surface area contributed by atoms with Crippen molar-refractivity contribution in [3.05, 3.63) is 17.0 Å². The van der Waals surface area contributed by atoms with E-state index in [4.69, 9.17) is 4.52 Å². The molecule has 5 nitrogen and oxygen atoms in total. The van der Waals surface area contributed by atoms with E-state index in [1.54, 1.807) is 0 Å². The molecule has 0 saturated heterocycles. The van der Waals surface area contributed by atoms with E-state index in [2.05, 4.69) is 9.89 Å². The molecular weight excluding hydrogens is 234 g/mol. The first-order chi connectivity index (χ1) is 8.43. The third-order valence-electron chi connectivity index (χ3n) is 3.18. The average Bonchev–Trinajstić information content (AvgIpc) is 2.67. The number of ether oxygens (including phenoxy) is 1. The maximum atomic E-state index is 12.1. The first kappa shape index (κ1) is 12.8. The van der Waals surface area contributed by atoms with Gasteiger partial charge in [-0.15, -0.1) is 0 Å². The first-order valence-corrected chi connectivity index (χ1v) is 6.00. The topological polar surface area (TPSA) is 69.4 Å². The minimum Gasteiger partial charge on any atom is -0.469 e. The summed E-state index contributed by atoms with van der Waals surface area (Å²) in [6.07, 6.45) is 1.79. The van der Waals surface area contributed by atoms with Crippen molar-refractivity contribution in [3.63, 3.8) is 0 Å². The van der Waals surface area contributed by atoms with Crippen LogP contribution in [0.3, 0.4) is 0 Å². The lowest BCUT2D eigenvalue weighted by atomic mass is 9.75. The number of fused-ring (bicyclic) bond motifs is 1. The van der Waals surface area contributed by atoms with Gasteiger partial charge in [0, 0.05) is 12.8 Å². The fraction of sp³-hybridized carbons (Fsp3) is 0.615. The Hall–Kier alpha value is -1.65. The van der Waals surface area contributed by atoms with E-state index in [1.807, 2.05) is 13.8 Å². The molecule has 1 heterocycles. The van der Waals surface area contributed by atoms with Crippen LogP contribution in [-0.4, -0.2) is 24.0 Å². The quantitative estimate of drug-likeness (QED) is 0.768. The van der Waals surface area contributed by atoms with E-state index in [0.717, 1.165) is 12.1 Å². The number of aryl methyl sites for hydroxylation is 1. The first-order valence-electron chi connectivity index (χ1n) is 6.00.